The molecule has 0 spiro atoms. The summed E-state index contributed by atoms with van der Waals surface area (Å²) in [6.45, 7) is 3.95. The Morgan fingerprint density at radius 1 is 1.31 bits per heavy atom. The quantitative estimate of drug-likeness (QED) is 0.726. The Balaban J connectivity index is 2.94. The molecule has 0 aliphatic heterocycles. The maximum absolute atomic E-state index is 5.54. The first-order valence-electron chi connectivity index (χ1n) is 3.87. The summed E-state index contributed by atoms with van der Waals surface area (Å²) in [6.07, 6.45) is 0. The number of aryl methyl sites for hydroxylation is 2. The molecule has 0 radical (unpaired) electrons. The van der Waals surface area contributed by atoms with Crippen molar-refractivity contribution in [2.75, 3.05) is 5.73 Å². The van der Waals surface area contributed by atoms with Gasteiger partial charge in [-0.15, -0.1) is 0 Å². The van der Waals surface area contributed by atoms with E-state index in [0.29, 0.717) is 5.95 Å². The first kappa shape index (κ1) is 8.74. The normalized spacial score (nSPS) is 11.0. The van der Waals surface area contributed by atoms with Gasteiger partial charge in [0.15, 0.2) is 0 Å². The average Bonchev–Trinajstić information content (AvgIpc) is 2.27. The predicted octanol–water partition coefficient (Wildman–Crippen LogP) is 1.76. The molecule has 0 amide bonds. The summed E-state index contributed by atoms with van der Waals surface area (Å²) in [5.74, 6) is 0.322. The van der Waals surface area contributed by atoms with E-state index in [2.05, 4.69) is 37.5 Å². The highest BCUT2D eigenvalue weighted by molar-refractivity contribution is 14.1. The lowest BCUT2D eigenvalue weighted by Gasteiger charge is -1.96. The molecule has 68 valence electrons. The van der Waals surface area contributed by atoms with E-state index in [1.807, 2.05) is 13.8 Å². The molecule has 2 heterocycles. The standard InChI is InChI=1S/C8H9IN4/c1-3-5-6(9)4(2)11-7(5)13-8(10)12-3/h1-2H3,(H3,10,11,12,13). The number of fused-ring (bicyclic) bond motifs is 1. The first-order chi connectivity index (χ1) is 6.09. The lowest BCUT2D eigenvalue weighted by molar-refractivity contribution is 1.15. The van der Waals surface area contributed by atoms with E-state index >= 15 is 0 Å². The second-order valence-corrected chi connectivity index (χ2v) is 4.03. The fourth-order valence-corrected chi connectivity index (χ4v) is 2.15. The van der Waals surface area contributed by atoms with Gasteiger partial charge in [-0.05, 0) is 36.4 Å². The van der Waals surface area contributed by atoms with E-state index in [1.54, 1.807) is 0 Å². The Bertz CT molecular complexity index is 474. The van der Waals surface area contributed by atoms with Crippen molar-refractivity contribution in [1.82, 2.24) is 15.0 Å². The van der Waals surface area contributed by atoms with Crippen LogP contribution in [-0.4, -0.2) is 15.0 Å². The molecule has 2 aromatic rings. The van der Waals surface area contributed by atoms with Crippen molar-refractivity contribution in [3.63, 3.8) is 0 Å². The van der Waals surface area contributed by atoms with Crippen LogP contribution in [-0.2, 0) is 0 Å². The Labute approximate surface area is 89.1 Å². The second kappa shape index (κ2) is 2.83. The molecule has 4 nitrogen and oxygen atoms in total. The molecule has 5 heteroatoms. The third-order valence-corrected chi connectivity index (χ3v) is 3.31. The van der Waals surface area contributed by atoms with Crippen LogP contribution in [0.1, 0.15) is 11.4 Å². The zero-order valence-corrected chi connectivity index (χ0v) is 9.51. The number of nitrogens with two attached hydrogens (primary N) is 1. The molecule has 0 saturated heterocycles. The summed E-state index contributed by atoms with van der Waals surface area (Å²) in [6, 6.07) is 0. The Morgan fingerprint density at radius 3 is 2.69 bits per heavy atom. The number of nitrogens with one attached hydrogen (secondary N) is 1. The zero-order chi connectivity index (χ0) is 9.59. The molecule has 0 aliphatic rings. The number of hydrogen-bond acceptors (Lipinski definition) is 3. The number of aromatic nitrogens is 3. The van der Waals surface area contributed by atoms with Gasteiger partial charge in [0.25, 0.3) is 0 Å². The number of H-pyrrole nitrogens is 1. The summed E-state index contributed by atoms with van der Waals surface area (Å²) in [7, 11) is 0. The predicted molar refractivity (Wildman–Crippen MR) is 60.5 cm³/mol. The fourth-order valence-electron chi connectivity index (χ4n) is 1.37. The number of anilines is 1. The molecular weight excluding hydrogens is 279 g/mol. The van der Waals surface area contributed by atoms with Gasteiger partial charge >= 0.3 is 0 Å². The van der Waals surface area contributed by atoms with E-state index in [9.17, 15) is 0 Å². The number of rotatable bonds is 0. The van der Waals surface area contributed by atoms with Crippen molar-refractivity contribution in [2.24, 2.45) is 0 Å². The van der Waals surface area contributed by atoms with Gasteiger partial charge in [-0.1, -0.05) is 0 Å². The summed E-state index contributed by atoms with van der Waals surface area (Å²) in [5, 5.41) is 1.08. The van der Waals surface area contributed by atoms with Gasteiger partial charge in [-0.25, -0.2) is 4.98 Å². The van der Waals surface area contributed by atoms with Gasteiger partial charge < -0.3 is 10.7 Å². The Kier molecular flexibility index (Phi) is 1.90. The van der Waals surface area contributed by atoms with Crippen LogP contribution in [0.4, 0.5) is 5.95 Å². The molecule has 0 fully saturated rings. The van der Waals surface area contributed by atoms with Crippen LogP contribution >= 0.6 is 22.6 Å². The number of halogens is 1. The van der Waals surface area contributed by atoms with Crippen molar-refractivity contribution < 1.29 is 0 Å². The van der Waals surface area contributed by atoms with Gasteiger partial charge in [0, 0.05) is 9.26 Å². The van der Waals surface area contributed by atoms with Crippen LogP contribution in [0.15, 0.2) is 0 Å². The van der Waals surface area contributed by atoms with Crippen LogP contribution < -0.4 is 5.73 Å². The van der Waals surface area contributed by atoms with Crippen LogP contribution in [0.5, 0.6) is 0 Å². The van der Waals surface area contributed by atoms with Crippen molar-refractivity contribution in [3.8, 4) is 0 Å². The smallest absolute Gasteiger partial charge is 0.222 e. The number of nitrogen functional groups attached to an aromatic ring is 1. The lowest BCUT2D eigenvalue weighted by Crippen LogP contribution is -1.96. The minimum Gasteiger partial charge on any atom is -0.368 e. The maximum Gasteiger partial charge on any atom is 0.222 e. The minimum absolute atomic E-state index is 0.322. The van der Waals surface area contributed by atoms with Crippen LogP contribution in [0, 0.1) is 17.4 Å². The number of hydrogen-bond donors (Lipinski definition) is 2. The highest BCUT2D eigenvalue weighted by Crippen LogP contribution is 2.24. The van der Waals surface area contributed by atoms with Crippen molar-refractivity contribution in [2.45, 2.75) is 13.8 Å². The van der Waals surface area contributed by atoms with Gasteiger partial charge in [0.05, 0.1) is 11.1 Å². The largest absolute Gasteiger partial charge is 0.368 e. The molecule has 0 saturated carbocycles. The van der Waals surface area contributed by atoms with Crippen molar-refractivity contribution in [1.29, 1.82) is 0 Å². The van der Waals surface area contributed by atoms with Crippen LogP contribution in [0.3, 0.4) is 0 Å². The van der Waals surface area contributed by atoms with Gasteiger partial charge in [0.1, 0.15) is 5.65 Å². The molecule has 3 N–H and O–H groups in total. The number of aromatic amines is 1. The second-order valence-electron chi connectivity index (χ2n) is 2.95. The average molecular weight is 288 g/mol. The molecule has 2 rings (SSSR count). The monoisotopic (exact) mass is 288 g/mol. The molecule has 2 aromatic heterocycles. The Hall–Kier alpha value is -0.850. The van der Waals surface area contributed by atoms with Crippen LogP contribution in [0.2, 0.25) is 0 Å². The van der Waals surface area contributed by atoms with Gasteiger partial charge in [-0.2, -0.15) is 4.98 Å². The molecule has 0 atom stereocenters. The topological polar surface area (TPSA) is 67.6 Å². The minimum atomic E-state index is 0.322. The van der Waals surface area contributed by atoms with E-state index in [4.69, 9.17) is 5.73 Å². The Morgan fingerprint density at radius 2 is 2.00 bits per heavy atom. The molecule has 0 bridgehead atoms. The summed E-state index contributed by atoms with van der Waals surface area (Å²) in [5.41, 5.74) is 8.40. The highest BCUT2D eigenvalue weighted by atomic mass is 127. The molecule has 0 aliphatic carbocycles. The van der Waals surface area contributed by atoms with E-state index in [-0.39, 0.29) is 0 Å². The molecule has 0 unspecified atom stereocenters. The van der Waals surface area contributed by atoms with Crippen molar-refractivity contribution in [3.05, 3.63) is 15.0 Å². The SMILES string of the molecule is Cc1[nH]c2nc(N)nc(C)c2c1I. The third kappa shape index (κ3) is 1.27. The fraction of sp³-hybridized carbons (Fsp3) is 0.250. The third-order valence-electron chi connectivity index (χ3n) is 1.96. The summed E-state index contributed by atoms with van der Waals surface area (Å²) >= 11 is 2.28. The van der Waals surface area contributed by atoms with Gasteiger partial charge in [-0.3, -0.25) is 0 Å². The van der Waals surface area contributed by atoms with Crippen LogP contribution in [0.25, 0.3) is 11.0 Å². The van der Waals surface area contributed by atoms with Crippen molar-refractivity contribution >= 4 is 39.6 Å². The lowest BCUT2D eigenvalue weighted by atomic mass is 10.3. The van der Waals surface area contributed by atoms with E-state index < -0.39 is 0 Å². The van der Waals surface area contributed by atoms with Gasteiger partial charge in [0.2, 0.25) is 5.95 Å². The molecule has 13 heavy (non-hydrogen) atoms. The summed E-state index contributed by atoms with van der Waals surface area (Å²) < 4.78 is 1.17. The number of nitrogens with zero attached hydrogens (tertiary/aromatic N) is 2. The maximum atomic E-state index is 5.54. The molecular formula is C8H9IN4. The summed E-state index contributed by atoms with van der Waals surface area (Å²) in [4.78, 5) is 11.4. The highest BCUT2D eigenvalue weighted by Gasteiger charge is 2.10. The van der Waals surface area contributed by atoms with E-state index in [1.165, 1.54) is 3.57 Å². The molecule has 0 aromatic carbocycles. The first-order valence-corrected chi connectivity index (χ1v) is 4.95. The zero-order valence-electron chi connectivity index (χ0n) is 7.35. The van der Waals surface area contributed by atoms with E-state index in [0.717, 1.165) is 22.4 Å².